The van der Waals surface area contributed by atoms with Gasteiger partial charge < -0.3 is 9.64 Å². The van der Waals surface area contributed by atoms with Crippen LogP contribution >= 0.6 is 22.7 Å². The van der Waals surface area contributed by atoms with Gasteiger partial charge in [0.1, 0.15) is 11.3 Å². The lowest BCUT2D eigenvalue weighted by molar-refractivity contribution is 0.247. The highest BCUT2D eigenvalue weighted by Gasteiger charge is 2.21. The number of ether oxygens (including phenoxy) is 1. The van der Waals surface area contributed by atoms with Gasteiger partial charge in [-0.05, 0) is 19.1 Å². The molecule has 3 heterocycles. The molecule has 0 amide bonds. The third-order valence-electron chi connectivity index (χ3n) is 4.29. The van der Waals surface area contributed by atoms with E-state index in [0.29, 0.717) is 0 Å². The van der Waals surface area contributed by atoms with Crippen LogP contribution in [0.4, 0.5) is 5.13 Å². The van der Waals surface area contributed by atoms with Crippen LogP contribution in [0.1, 0.15) is 10.7 Å². The van der Waals surface area contributed by atoms with Crippen LogP contribution in [0.3, 0.4) is 0 Å². The molecule has 5 nitrogen and oxygen atoms in total. The summed E-state index contributed by atoms with van der Waals surface area (Å²) in [5.41, 5.74) is 2.16. The molecule has 7 heteroatoms. The number of piperazine rings is 1. The Morgan fingerprint density at radius 3 is 2.71 bits per heavy atom. The molecule has 1 aromatic carbocycles. The van der Waals surface area contributed by atoms with Crippen molar-refractivity contribution in [2.45, 2.75) is 13.5 Å². The van der Waals surface area contributed by atoms with E-state index in [1.807, 2.05) is 12.1 Å². The van der Waals surface area contributed by atoms with Crippen LogP contribution in [0.25, 0.3) is 10.2 Å². The smallest absolute Gasteiger partial charge is 0.186 e. The molecule has 0 atom stereocenters. The Kier molecular flexibility index (Phi) is 4.39. The van der Waals surface area contributed by atoms with Crippen molar-refractivity contribution in [3.05, 3.63) is 34.3 Å². The van der Waals surface area contributed by atoms with Crippen LogP contribution in [0.2, 0.25) is 0 Å². The fraction of sp³-hybridized carbons (Fsp3) is 0.412. The number of aryl methyl sites for hydroxylation is 1. The quantitative estimate of drug-likeness (QED) is 0.713. The van der Waals surface area contributed by atoms with Crippen molar-refractivity contribution >= 4 is 38.0 Å². The van der Waals surface area contributed by atoms with E-state index in [1.54, 1.807) is 29.8 Å². The third-order valence-corrected chi connectivity index (χ3v) is 6.19. The number of anilines is 1. The molecule has 1 aliphatic heterocycles. The summed E-state index contributed by atoms with van der Waals surface area (Å²) >= 11 is 3.48. The number of aromatic nitrogens is 2. The Morgan fingerprint density at radius 1 is 1.17 bits per heavy atom. The van der Waals surface area contributed by atoms with Gasteiger partial charge in [-0.1, -0.05) is 17.4 Å². The molecule has 24 heavy (non-hydrogen) atoms. The maximum atomic E-state index is 5.43. The first kappa shape index (κ1) is 15.8. The number of nitrogens with zero attached hydrogens (tertiary/aromatic N) is 4. The second-order valence-corrected chi connectivity index (χ2v) is 8.00. The first-order chi connectivity index (χ1) is 11.7. The van der Waals surface area contributed by atoms with Crippen molar-refractivity contribution in [3.63, 3.8) is 0 Å². The van der Waals surface area contributed by atoms with Gasteiger partial charge in [0.2, 0.25) is 0 Å². The molecule has 3 aromatic rings. The highest BCUT2D eigenvalue weighted by atomic mass is 32.1. The summed E-state index contributed by atoms with van der Waals surface area (Å²) < 4.78 is 6.61. The lowest BCUT2D eigenvalue weighted by Gasteiger charge is -2.34. The minimum Gasteiger partial charge on any atom is -0.494 e. The van der Waals surface area contributed by atoms with Gasteiger partial charge in [0.25, 0.3) is 0 Å². The average molecular weight is 361 g/mol. The molecule has 0 N–H and O–H groups in total. The van der Waals surface area contributed by atoms with Gasteiger partial charge in [0, 0.05) is 38.1 Å². The lowest BCUT2D eigenvalue weighted by atomic mass is 10.3. The van der Waals surface area contributed by atoms with Crippen molar-refractivity contribution in [3.8, 4) is 5.75 Å². The van der Waals surface area contributed by atoms with Crippen molar-refractivity contribution in [1.29, 1.82) is 0 Å². The average Bonchev–Trinajstić information content (AvgIpc) is 3.21. The van der Waals surface area contributed by atoms with Crippen molar-refractivity contribution < 1.29 is 4.74 Å². The number of thiazole rings is 2. The Balaban J connectivity index is 1.44. The van der Waals surface area contributed by atoms with Crippen molar-refractivity contribution in [2.75, 3.05) is 38.2 Å². The van der Waals surface area contributed by atoms with Gasteiger partial charge in [-0.15, -0.1) is 11.3 Å². The predicted molar refractivity (Wildman–Crippen MR) is 101 cm³/mol. The summed E-state index contributed by atoms with van der Waals surface area (Å²) in [5, 5.41) is 4.41. The number of methoxy groups -OCH3 is 1. The summed E-state index contributed by atoms with van der Waals surface area (Å²) in [4.78, 5) is 14.2. The van der Waals surface area contributed by atoms with Crippen LogP contribution in [-0.2, 0) is 6.54 Å². The fourth-order valence-electron chi connectivity index (χ4n) is 3.02. The first-order valence-electron chi connectivity index (χ1n) is 8.05. The van der Waals surface area contributed by atoms with Gasteiger partial charge in [0.15, 0.2) is 5.13 Å². The van der Waals surface area contributed by atoms with Crippen LogP contribution in [0.5, 0.6) is 5.75 Å². The van der Waals surface area contributed by atoms with E-state index in [0.717, 1.165) is 54.1 Å². The number of benzene rings is 1. The Morgan fingerprint density at radius 2 is 2.00 bits per heavy atom. The molecular formula is C17H20N4OS2. The minimum atomic E-state index is 0.854. The van der Waals surface area contributed by atoms with Crippen LogP contribution in [0.15, 0.2) is 23.6 Å². The van der Waals surface area contributed by atoms with Crippen LogP contribution in [0, 0.1) is 6.92 Å². The number of hydrogen-bond acceptors (Lipinski definition) is 7. The summed E-state index contributed by atoms with van der Waals surface area (Å²) in [7, 11) is 1.70. The third kappa shape index (κ3) is 3.11. The van der Waals surface area contributed by atoms with E-state index in [2.05, 4.69) is 33.2 Å². The molecule has 0 aliphatic carbocycles. The van der Waals surface area contributed by atoms with Crippen molar-refractivity contribution in [1.82, 2.24) is 14.9 Å². The van der Waals surface area contributed by atoms with Gasteiger partial charge in [-0.3, -0.25) is 4.90 Å². The molecule has 0 saturated carbocycles. The standard InChI is InChI=1S/C17H20N4OS2/c1-12-18-13(11-23-12)10-20-6-8-21(9-7-20)17-19-16-14(22-2)4-3-5-15(16)24-17/h3-5,11H,6-10H2,1-2H3. The Hall–Kier alpha value is -1.70. The summed E-state index contributed by atoms with van der Waals surface area (Å²) in [6, 6.07) is 6.11. The Bertz CT molecular complexity index is 836. The second kappa shape index (κ2) is 6.66. The SMILES string of the molecule is COc1cccc2sc(N3CCN(Cc4csc(C)n4)CC3)nc12. The Labute approximate surface area is 149 Å². The number of hydrogen-bond donors (Lipinski definition) is 0. The topological polar surface area (TPSA) is 41.5 Å². The summed E-state index contributed by atoms with van der Waals surface area (Å²) in [5.74, 6) is 0.854. The number of rotatable bonds is 4. The van der Waals surface area contributed by atoms with E-state index in [-0.39, 0.29) is 0 Å². The molecule has 0 unspecified atom stereocenters. The van der Waals surface area contributed by atoms with Gasteiger partial charge >= 0.3 is 0 Å². The fourth-order valence-corrected chi connectivity index (χ4v) is 4.66. The molecule has 2 aromatic heterocycles. The van der Waals surface area contributed by atoms with Crippen molar-refractivity contribution in [2.24, 2.45) is 0 Å². The normalized spacial score (nSPS) is 16.0. The largest absolute Gasteiger partial charge is 0.494 e. The molecule has 0 bridgehead atoms. The highest BCUT2D eigenvalue weighted by molar-refractivity contribution is 7.22. The molecule has 126 valence electrons. The van der Waals surface area contributed by atoms with Crippen LogP contribution < -0.4 is 9.64 Å². The number of para-hydroxylation sites is 1. The van der Waals surface area contributed by atoms with Gasteiger partial charge in [-0.2, -0.15) is 0 Å². The maximum absolute atomic E-state index is 5.43. The molecule has 0 radical (unpaired) electrons. The van der Waals surface area contributed by atoms with E-state index in [1.165, 1.54) is 10.4 Å². The van der Waals surface area contributed by atoms with E-state index in [9.17, 15) is 0 Å². The van der Waals surface area contributed by atoms with E-state index in [4.69, 9.17) is 9.72 Å². The molecular weight excluding hydrogens is 340 g/mol. The highest BCUT2D eigenvalue weighted by Crippen LogP contribution is 2.34. The maximum Gasteiger partial charge on any atom is 0.186 e. The summed E-state index contributed by atoms with van der Waals surface area (Å²) in [6.07, 6.45) is 0. The van der Waals surface area contributed by atoms with Crippen LogP contribution in [-0.4, -0.2) is 48.2 Å². The second-order valence-electron chi connectivity index (χ2n) is 5.92. The minimum absolute atomic E-state index is 0.854. The predicted octanol–water partition coefficient (Wildman–Crippen LogP) is 3.39. The molecule has 0 spiro atoms. The zero-order chi connectivity index (χ0) is 16.5. The van der Waals surface area contributed by atoms with Gasteiger partial charge in [-0.25, -0.2) is 9.97 Å². The monoisotopic (exact) mass is 360 g/mol. The zero-order valence-corrected chi connectivity index (χ0v) is 15.5. The molecule has 1 aliphatic rings. The van der Waals surface area contributed by atoms with E-state index < -0.39 is 0 Å². The van der Waals surface area contributed by atoms with E-state index >= 15 is 0 Å². The lowest BCUT2D eigenvalue weighted by Crippen LogP contribution is -2.46. The molecule has 1 fully saturated rings. The first-order valence-corrected chi connectivity index (χ1v) is 9.74. The van der Waals surface area contributed by atoms with Gasteiger partial charge in [0.05, 0.1) is 22.5 Å². The molecule has 4 rings (SSSR count). The summed E-state index contributed by atoms with van der Waals surface area (Å²) in [6.45, 7) is 7.11. The zero-order valence-electron chi connectivity index (χ0n) is 13.9. The molecule has 1 saturated heterocycles. The number of fused-ring (bicyclic) bond motifs is 1.